The summed E-state index contributed by atoms with van der Waals surface area (Å²) in [5.41, 5.74) is -0.795. The van der Waals surface area contributed by atoms with Gasteiger partial charge in [0.05, 0.1) is 5.60 Å². The number of likely N-dealkylation sites (N-methyl/N-ethyl adjacent to an activating group) is 1. The van der Waals surface area contributed by atoms with Crippen molar-refractivity contribution in [2.75, 3.05) is 30.9 Å². The van der Waals surface area contributed by atoms with Gasteiger partial charge in [-0.1, -0.05) is 12.8 Å². The van der Waals surface area contributed by atoms with Gasteiger partial charge in [-0.15, -0.1) is 0 Å². The Balaban J connectivity index is 2.20. The van der Waals surface area contributed by atoms with Gasteiger partial charge in [0, 0.05) is 26.7 Å². The average Bonchev–Trinajstić information content (AvgIpc) is 2.75. The maximum Gasteiger partial charge on any atom is 0.168 e. The number of anilines is 2. The molecule has 1 heterocycles. The first-order chi connectivity index (χ1) is 8.95. The summed E-state index contributed by atoms with van der Waals surface area (Å²) >= 11 is 0. The Morgan fingerprint density at radius 1 is 1.37 bits per heavy atom. The molecule has 0 atom stereocenters. The van der Waals surface area contributed by atoms with Gasteiger partial charge in [0.15, 0.2) is 23.3 Å². The summed E-state index contributed by atoms with van der Waals surface area (Å²) in [6.45, 7) is 0.297. The Labute approximate surface area is 111 Å². The monoisotopic (exact) mass is 271 g/mol. The molecule has 0 spiro atoms. The van der Waals surface area contributed by atoms with Gasteiger partial charge in [-0.3, -0.25) is 0 Å². The Bertz CT molecular complexity index is 461. The first-order valence-corrected chi connectivity index (χ1v) is 6.42. The summed E-state index contributed by atoms with van der Waals surface area (Å²) in [7, 11) is 3.18. The molecule has 0 saturated heterocycles. The van der Waals surface area contributed by atoms with Crippen molar-refractivity contribution in [2.24, 2.45) is 0 Å². The van der Waals surface area contributed by atoms with Crippen LogP contribution in [-0.4, -0.2) is 36.3 Å². The zero-order valence-electron chi connectivity index (χ0n) is 11.2. The number of hydrogen-bond acceptors (Lipinski definition) is 4. The standard InChI is InChI=1S/C13H19F2N3O/c1-16-11-9(14)7-10(15)12(17-11)18(2)8-13(19)5-3-4-6-13/h7,19H,3-6,8H2,1-2H3,(H,16,17). The van der Waals surface area contributed by atoms with Crippen molar-refractivity contribution in [1.29, 1.82) is 0 Å². The molecule has 0 unspecified atom stereocenters. The van der Waals surface area contributed by atoms with Crippen molar-refractivity contribution in [3.8, 4) is 0 Å². The van der Waals surface area contributed by atoms with Crippen LogP contribution in [0.3, 0.4) is 0 Å². The van der Waals surface area contributed by atoms with Crippen LogP contribution in [0.1, 0.15) is 25.7 Å². The molecule has 2 rings (SSSR count). The number of nitrogens with zero attached hydrogens (tertiary/aromatic N) is 2. The van der Waals surface area contributed by atoms with Crippen LogP contribution in [0.4, 0.5) is 20.4 Å². The van der Waals surface area contributed by atoms with E-state index in [0.29, 0.717) is 19.4 Å². The largest absolute Gasteiger partial charge is 0.388 e. The molecule has 19 heavy (non-hydrogen) atoms. The topological polar surface area (TPSA) is 48.4 Å². The number of aliphatic hydroxyl groups is 1. The molecular formula is C13H19F2N3O. The fourth-order valence-corrected chi connectivity index (χ4v) is 2.61. The predicted octanol–water partition coefficient (Wildman–Crippen LogP) is 2.14. The lowest BCUT2D eigenvalue weighted by Gasteiger charge is -2.29. The van der Waals surface area contributed by atoms with Crippen molar-refractivity contribution < 1.29 is 13.9 Å². The molecule has 1 aromatic rings. The number of nitrogens with one attached hydrogen (secondary N) is 1. The van der Waals surface area contributed by atoms with Crippen LogP contribution in [-0.2, 0) is 0 Å². The Kier molecular flexibility index (Phi) is 3.89. The molecule has 106 valence electrons. The third-order valence-corrected chi connectivity index (χ3v) is 3.58. The van der Waals surface area contributed by atoms with Gasteiger partial charge < -0.3 is 15.3 Å². The Morgan fingerprint density at radius 2 is 2.00 bits per heavy atom. The first-order valence-electron chi connectivity index (χ1n) is 6.42. The van der Waals surface area contributed by atoms with Gasteiger partial charge >= 0.3 is 0 Å². The molecule has 1 fully saturated rings. The number of hydrogen-bond donors (Lipinski definition) is 2. The van der Waals surface area contributed by atoms with E-state index < -0.39 is 17.2 Å². The van der Waals surface area contributed by atoms with E-state index in [1.165, 1.54) is 7.05 Å². The van der Waals surface area contributed by atoms with Crippen molar-refractivity contribution in [3.05, 3.63) is 17.7 Å². The highest BCUT2D eigenvalue weighted by molar-refractivity contribution is 5.48. The van der Waals surface area contributed by atoms with Gasteiger partial charge in [0.25, 0.3) is 0 Å². The van der Waals surface area contributed by atoms with E-state index >= 15 is 0 Å². The van der Waals surface area contributed by atoms with Crippen LogP contribution < -0.4 is 10.2 Å². The molecule has 0 amide bonds. The van der Waals surface area contributed by atoms with Crippen molar-refractivity contribution >= 4 is 11.6 Å². The second-order valence-corrected chi connectivity index (χ2v) is 5.16. The summed E-state index contributed by atoms with van der Waals surface area (Å²) in [6.07, 6.45) is 3.37. The van der Waals surface area contributed by atoms with E-state index in [0.717, 1.165) is 18.9 Å². The maximum atomic E-state index is 13.8. The number of halogens is 2. The maximum absolute atomic E-state index is 13.8. The van der Waals surface area contributed by atoms with Crippen molar-refractivity contribution in [3.63, 3.8) is 0 Å². The second kappa shape index (κ2) is 5.28. The Hall–Kier alpha value is -1.43. The Morgan fingerprint density at radius 3 is 2.58 bits per heavy atom. The third-order valence-electron chi connectivity index (χ3n) is 3.58. The zero-order chi connectivity index (χ0) is 14.0. The lowest BCUT2D eigenvalue weighted by Crippen LogP contribution is -2.40. The van der Waals surface area contributed by atoms with Crippen LogP contribution in [0.15, 0.2) is 6.07 Å². The molecule has 2 N–H and O–H groups in total. The lowest BCUT2D eigenvalue weighted by atomic mass is 10.0. The summed E-state index contributed by atoms with van der Waals surface area (Å²) < 4.78 is 27.1. The first kappa shape index (κ1) is 14.0. The summed E-state index contributed by atoms with van der Waals surface area (Å²) in [5, 5.41) is 12.9. The van der Waals surface area contributed by atoms with Crippen molar-refractivity contribution in [2.45, 2.75) is 31.3 Å². The zero-order valence-corrected chi connectivity index (χ0v) is 11.2. The predicted molar refractivity (Wildman–Crippen MR) is 70.4 cm³/mol. The quantitative estimate of drug-likeness (QED) is 0.881. The third kappa shape index (κ3) is 2.94. The minimum absolute atomic E-state index is 0.00154. The van der Waals surface area contributed by atoms with Gasteiger partial charge in [0.1, 0.15) is 0 Å². The normalized spacial score (nSPS) is 17.5. The summed E-state index contributed by atoms with van der Waals surface area (Å²) in [5.74, 6) is -1.40. The van der Waals surface area contributed by atoms with E-state index in [4.69, 9.17) is 0 Å². The van der Waals surface area contributed by atoms with Crippen LogP contribution in [0.2, 0.25) is 0 Å². The van der Waals surface area contributed by atoms with Gasteiger partial charge in [-0.05, 0) is 12.8 Å². The molecule has 0 aromatic carbocycles. The van der Waals surface area contributed by atoms with E-state index in [1.54, 1.807) is 11.9 Å². The van der Waals surface area contributed by atoms with Gasteiger partial charge in [-0.2, -0.15) is 0 Å². The SMILES string of the molecule is CNc1nc(N(C)CC2(O)CCCC2)c(F)cc1F. The van der Waals surface area contributed by atoms with E-state index in [2.05, 4.69) is 10.3 Å². The summed E-state index contributed by atoms with van der Waals surface area (Å²) in [4.78, 5) is 5.46. The summed E-state index contributed by atoms with van der Waals surface area (Å²) in [6, 6.07) is 0.809. The smallest absolute Gasteiger partial charge is 0.168 e. The minimum Gasteiger partial charge on any atom is -0.388 e. The molecule has 1 aliphatic carbocycles. The van der Waals surface area contributed by atoms with Gasteiger partial charge in [0.2, 0.25) is 0 Å². The lowest BCUT2D eigenvalue weighted by molar-refractivity contribution is 0.0557. The molecule has 1 saturated carbocycles. The molecule has 1 aromatic heterocycles. The molecule has 1 aliphatic rings. The van der Waals surface area contributed by atoms with Gasteiger partial charge in [-0.25, -0.2) is 13.8 Å². The molecular weight excluding hydrogens is 252 g/mol. The molecule has 0 bridgehead atoms. The van der Waals surface area contributed by atoms with Crippen LogP contribution in [0, 0.1) is 11.6 Å². The van der Waals surface area contributed by atoms with E-state index in [-0.39, 0.29) is 11.6 Å². The second-order valence-electron chi connectivity index (χ2n) is 5.16. The molecule has 4 nitrogen and oxygen atoms in total. The average molecular weight is 271 g/mol. The van der Waals surface area contributed by atoms with Crippen LogP contribution in [0.25, 0.3) is 0 Å². The number of pyridine rings is 1. The molecule has 6 heteroatoms. The minimum atomic E-state index is -0.795. The number of aromatic nitrogens is 1. The van der Waals surface area contributed by atoms with E-state index in [9.17, 15) is 13.9 Å². The highest BCUT2D eigenvalue weighted by Gasteiger charge is 2.33. The van der Waals surface area contributed by atoms with Crippen LogP contribution in [0.5, 0.6) is 0 Å². The number of rotatable bonds is 4. The highest BCUT2D eigenvalue weighted by atomic mass is 19.1. The molecule has 0 radical (unpaired) electrons. The van der Waals surface area contributed by atoms with E-state index in [1.807, 2.05) is 0 Å². The van der Waals surface area contributed by atoms with Crippen LogP contribution >= 0.6 is 0 Å². The van der Waals surface area contributed by atoms with Crippen molar-refractivity contribution in [1.82, 2.24) is 4.98 Å². The fourth-order valence-electron chi connectivity index (χ4n) is 2.61. The molecule has 0 aliphatic heterocycles. The fraction of sp³-hybridized carbons (Fsp3) is 0.615. The highest BCUT2D eigenvalue weighted by Crippen LogP contribution is 2.31.